The van der Waals surface area contributed by atoms with Crippen molar-refractivity contribution in [2.45, 2.75) is 17.1 Å². The summed E-state index contributed by atoms with van der Waals surface area (Å²) in [6.45, 7) is 1.52. The summed E-state index contributed by atoms with van der Waals surface area (Å²) in [5.41, 5.74) is 0.135. The van der Waals surface area contributed by atoms with Crippen LogP contribution in [0.1, 0.15) is 17.3 Å². The van der Waals surface area contributed by atoms with Crippen LogP contribution in [0, 0.1) is 0 Å². The molecule has 0 saturated carbocycles. The van der Waals surface area contributed by atoms with Crippen molar-refractivity contribution in [2.24, 2.45) is 0 Å². The Kier molecular flexibility index (Phi) is 3.74. The lowest BCUT2D eigenvalue weighted by Gasteiger charge is -2.08. The highest BCUT2D eigenvalue weighted by atomic mass is 32.2. The first-order chi connectivity index (χ1) is 7.02. The maximum Gasteiger partial charge on any atom is 0.336 e. The van der Waals surface area contributed by atoms with E-state index in [4.69, 9.17) is 10.2 Å². The van der Waals surface area contributed by atoms with Gasteiger partial charge >= 0.3 is 11.9 Å². The molecule has 0 fully saturated rings. The molecule has 1 aromatic rings. The molecule has 1 atom stereocenters. The lowest BCUT2D eigenvalue weighted by atomic mass is 10.2. The molecular weight excluding hydrogens is 216 g/mol. The number of thioether (sulfide) groups is 1. The van der Waals surface area contributed by atoms with Crippen LogP contribution in [0.3, 0.4) is 0 Å². The Hall–Kier alpha value is -1.49. The molecule has 0 aliphatic rings. The van der Waals surface area contributed by atoms with E-state index >= 15 is 0 Å². The zero-order valence-electron chi connectivity index (χ0n) is 8.01. The smallest absolute Gasteiger partial charge is 0.336 e. The summed E-state index contributed by atoms with van der Waals surface area (Å²) in [6.07, 6.45) is 0. The van der Waals surface area contributed by atoms with Crippen LogP contribution in [0.4, 0.5) is 0 Å². The number of aromatic carboxylic acids is 1. The van der Waals surface area contributed by atoms with Gasteiger partial charge in [-0.15, -0.1) is 11.8 Å². The van der Waals surface area contributed by atoms with Crippen LogP contribution >= 0.6 is 11.8 Å². The van der Waals surface area contributed by atoms with Crippen molar-refractivity contribution in [2.75, 3.05) is 0 Å². The van der Waals surface area contributed by atoms with Crippen LogP contribution in [0.2, 0.25) is 0 Å². The lowest BCUT2D eigenvalue weighted by molar-refractivity contribution is -0.136. The molecule has 0 spiro atoms. The van der Waals surface area contributed by atoms with E-state index in [2.05, 4.69) is 0 Å². The van der Waals surface area contributed by atoms with Gasteiger partial charge in [0.15, 0.2) is 0 Å². The molecule has 1 aromatic carbocycles. The molecule has 0 saturated heterocycles. The molecule has 5 heteroatoms. The van der Waals surface area contributed by atoms with E-state index in [1.54, 1.807) is 18.2 Å². The molecule has 0 heterocycles. The first-order valence-corrected chi connectivity index (χ1v) is 5.12. The summed E-state index contributed by atoms with van der Waals surface area (Å²) >= 11 is 1.03. The van der Waals surface area contributed by atoms with E-state index in [1.165, 1.54) is 13.0 Å². The fraction of sp³-hybridized carbons (Fsp3) is 0.200. The maximum atomic E-state index is 10.8. The Balaban J connectivity index is 2.94. The number of carbonyl (C=O) groups is 2. The zero-order chi connectivity index (χ0) is 11.4. The largest absolute Gasteiger partial charge is 0.480 e. The first-order valence-electron chi connectivity index (χ1n) is 4.24. The summed E-state index contributed by atoms with van der Waals surface area (Å²) < 4.78 is 0. The van der Waals surface area contributed by atoms with Gasteiger partial charge in [0.25, 0.3) is 0 Å². The number of carboxylic acids is 2. The topological polar surface area (TPSA) is 74.6 Å². The van der Waals surface area contributed by atoms with Crippen molar-refractivity contribution in [1.82, 2.24) is 0 Å². The molecule has 2 N–H and O–H groups in total. The molecule has 0 aromatic heterocycles. The fourth-order valence-corrected chi connectivity index (χ4v) is 1.91. The summed E-state index contributed by atoms with van der Waals surface area (Å²) in [6, 6.07) is 6.36. The minimum absolute atomic E-state index is 0.135. The molecule has 1 rings (SSSR count). The molecule has 80 valence electrons. The van der Waals surface area contributed by atoms with Crippen LogP contribution in [0.15, 0.2) is 29.2 Å². The predicted molar refractivity (Wildman–Crippen MR) is 56.4 cm³/mol. The van der Waals surface area contributed by atoms with Gasteiger partial charge < -0.3 is 10.2 Å². The Bertz CT molecular complexity index is 389. The van der Waals surface area contributed by atoms with Crippen LogP contribution in [0.25, 0.3) is 0 Å². The van der Waals surface area contributed by atoms with Gasteiger partial charge in [0, 0.05) is 4.90 Å². The third-order valence-corrected chi connectivity index (χ3v) is 2.93. The minimum atomic E-state index is -1.05. The number of rotatable bonds is 4. The number of hydrogen-bond acceptors (Lipinski definition) is 3. The van der Waals surface area contributed by atoms with Crippen molar-refractivity contribution in [3.8, 4) is 0 Å². The highest BCUT2D eigenvalue weighted by Crippen LogP contribution is 2.26. The summed E-state index contributed by atoms with van der Waals surface area (Å²) in [7, 11) is 0. The van der Waals surface area contributed by atoms with Crippen LogP contribution < -0.4 is 0 Å². The molecule has 0 bridgehead atoms. The van der Waals surface area contributed by atoms with Gasteiger partial charge in [0.2, 0.25) is 0 Å². The van der Waals surface area contributed by atoms with E-state index in [9.17, 15) is 9.59 Å². The summed E-state index contributed by atoms with van der Waals surface area (Å²) in [4.78, 5) is 21.9. The van der Waals surface area contributed by atoms with E-state index in [0.717, 1.165) is 11.8 Å². The lowest BCUT2D eigenvalue weighted by Crippen LogP contribution is -2.12. The third kappa shape index (κ3) is 2.99. The molecule has 15 heavy (non-hydrogen) atoms. The van der Waals surface area contributed by atoms with Crippen molar-refractivity contribution in [3.05, 3.63) is 29.8 Å². The molecule has 0 radical (unpaired) electrons. The number of carboxylic acid groups (broad SMARTS) is 2. The number of aliphatic carboxylic acids is 1. The van der Waals surface area contributed by atoms with E-state index in [0.29, 0.717) is 4.90 Å². The first kappa shape index (κ1) is 11.6. The molecule has 0 aliphatic carbocycles. The number of hydrogen-bond donors (Lipinski definition) is 2. The SMILES string of the molecule is C[C@H](Sc1ccccc1C(=O)O)C(=O)O. The molecule has 0 aliphatic heterocycles. The summed E-state index contributed by atoms with van der Waals surface area (Å²) in [5, 5.41) is 16.9. The maximum absolute atomic E-state index is 10.8. The zero-order valence-corrected chi connectivity index (χ0v) is 8.82. The highest BCUT2D eigenvalue weighted by molar-refractivity contribution is 8.00. The molecular formula is C10H10O4S. The highest BCUT2D eigenvalue weighted by Gasteiger charge is 2.16. The Morgan fingerprint density at radius 2 is 1.87 bits per heavy atom. The standard InChI is InChI=1S/C10H10O4S/c1-6(9(11)12)15-8-5-3-2-4-7(8)10(13)14/h2-6H,1H3,(H,11,12)(H,13,14)/t6-/m0/s1. The minimum Gasteiger partial charge on any atom is -0.480 e. The molecule has 0 amide bonds. The Labute approximate surface area is 90.9 Å². The van der Waals surface area contributed by atoms with Crippen molar-refractivity contribution < 1.29 is 19.8 Å². The van der Waals surface area contributed by atoms with Gasteiger partial charge in [-0.3, -0.25) is 4.79 Å². The van der Waals surface area contributed by atoms with Crippen LogP contribution in [-0.4, -0.2) is 27.4 Å². The van der Waals surface area contributed by atoms with Crippen molar-refractivity contribution in [3.63, 3.8) is 0 Å². The van der Waals surface area contributed by atoms with E-state index < -0.39 is 17.2 Å². The second-order valence-electron chi connectivity index (χ2n) is 2.90. The normalized spacial score (nSPS) is 12.1. The molecule has 4 nitrogen and oxygen atoms in total. The molecule has 0 unspecified atom stereocenters. The number of benzene rings is 1. The second-order valence-corrected chi connectivity index (χ2v) is 4.28. The average Bonchev–Trinajstić information content (AvgIpc) is 2.18. The van der Waals surface area contributed by atoms with Crippen molar-refractivity contribution in [1.29, 1.82) is 0 Å². The van der Waals surface area contributed by atoms with Gasteiger partial charge in [-0.25, -0.2) is 4.79 Å². The quantitative estimate of drug-likeness (QED) is 0.767. The van der Waals surface area contributed by atoms with Gasteiger partial charge in [0.1, 0.15) is 5.25 Å². The second kappa shape index (κ2) is 4.84. The van der Waals surface area contributed by atoms with Crippen LogP contribution in [-0.2, 0) is 4.79 Å². The van der Waals surface area contributed by atoms with E-state index in [-0.39, 0.29) is 5.56 Å². The summed E-state index contributed by atoms with van der Waals surface area (Å²) in [5.74, 6) is -2.00. The Morgan fingerprint density at radius 1 is 1.27 bits per heavy atom. The van der Waals surface area contributed by atoms with Crippen molar-refractivity contribution >= 4 is 23.7 Å². The van der Waals surface area contributed by atoms with Crippen LogP contribution in [0.5, 0.6) is 0 Å². The van der Waals surface area contributed by atoms with Gasteiger partial charge in [0.05, 0.1) is 5.56 Å². The van der Waals surface area contributed by atoms with Gasteiger partial charge in [-0.1, -0.05) is 12.1 Å². The Morgan fingerprint density at radius 3 is 2.40 bits per heavy atom. The van der Waals surface area contributed by atoms with Gasteiger partial charge in [-0.05, 0) is 19.1 Å². The monoisotopic (exact) mass is 226 g/mol. The fourth-order valence-electron chi connectivity index (χ4n) is 0.987. The predicted octanol–water partition coefficient (Wildman–Crippen LogP) is 1.95. The van der Waals surface area contributed by atoms with Gasteiger partial charge in [-0.2, -0.15) is 0 Å². The average molecular weight is 226 g/mol. The van der Waals surface area contributed by atoms with E-state index in [1.807, 2.05) is 0 Å². The third-order valence-electron chi connectivity index (χ3n) is 1.77.